The first-order valence-electron chi connectivity index (χ1n) is 9.59. The van der Waals surface area contributed by atoms with Gasteiger partial charge >= 0.3 is 0 Å². The fourth-order valence-corrected chi connectivity index (χ4v) is 3.32. The molecule has 1 fully saturated rings. The summed E-state index contributed by atoms with van der Waals surface area (Å²) in [5, 5.41) is 10.0. The molecule has 2 heterocycles. The second kappa shape index (κ2) is 8.70. The van der Waals surface area contributed by atoms with Crippen molar-refractivity contribution >= 4 is 17.5 Å². The van der Waals surface area contributed by atoms with Crippen molar-refractivity contribution in [2.75, 3.05) is 11.9 Å². The number of amides is 2. The lowest BCUT2D eigenvalue weighted by molar-refractivity contribution is -0.124. The maximum atomic E-state index is 12.6. The zero-order valence-corrected chi connectivity index (χ0v) is 15.9. The van der Waals surface area contributed by atoms with E-state index in [-0.39, 0.29) is 11.8 Å². The Balaban J connectivity index is 1.41. The maximum absolute atomic E-state index is 12.6. The fraction of sp³-hybridized carbons (Fsp3) is 0.227. The van der Waals surface area contributed by atoms with Crippen LogP contribution < -0.4 is 10.6 Å². The summed E-state index contributed by atoms with van der Waals surface area (Å²) in [6.45, 7) is 0.974. The predicted octanol–water partition coefficient (Wildman–Crippen LogP) is 2.92. The van der Waals surface area contributed by atoms with Gasteiger partial charge in [0.2, 0.25) is 0 Å². The van der Waals surface area contributed by atoms with Crippen molar-refractivity contribution in [1.82, 2.24) is 15.1 Å². The molecule has 1 aliphatic heterocycles. The zero-order chi connectivity index (χ0) is 20.1. The molecule has 2 N–H and O–H groups in total. The smallest absolute Gasteiger partial charge is 0.253 e. The highest BCUT2D eigenvalue weighted by Crippen LogP contribution is 2.17. The van der Waals surface area contributed by atoms with E-state index in [1.165, 1.54) is 0 Å². The number of hydrogen-bond acceptors (Lipinski definition) is 4. The van der Waals surface area contributed by atoms with Crippen LogP contribution in [0.15, 0.2) is 67.0 Å². The zero-order valence-electron chi connectivity index (χ0n) is 15.9. The van der Waals surface area contributed by atoms with Crippen LogP contribution in [-0.2, 0) is 16.1 Å². The Hall–Kier alpha value is -3.45. The Labute approximate surface area is 168 Å². The number of hydrogen-bond donors (Lipinski definition) is 2. The number of benzene rings is 2. The topological polar surface area (TPSA) is 85.3 Å². The standard InChI is InChI=1S/C22H22N4O3/c27-21(23-15-17-6-1-2-9-19(17)26-12-5-11-24-26)16-7-3-8-18(14-16)25-22(28)20-10-4-13-29-20/h1-3,5-9,11-12,14,20H,4,10,13,15H2,(H,23,27)(H,25,28). The monoisotopic (exact) mass is 390 g/mol. The van der Waals surface area contributed by atoms with Crippen molar-refractivity contribution in [3.63, 3.8) is 0 Å². The molecular weight excluding hydrogens is 368 g/mol. The molecular formula is C22H22N4O3. The number of nitrogens with one attached hydrogen (secondary N) is 2. The SMILES string of the molecule is O=C(NCc1ccccc1-n1cccn1)c1cccc(NC(=O)C2CCCO2)c1. The van der Waals surface area contributed by atoms with Crippen LogP contribution in [-0.4, -0.2) is 34.3 Å². The number of carbonyl (C=O) groups excluding carboxylic acids is 2. The number of ether oxygens (including phenoxy) is 1. The molecule has 1 aromatic heterocycles. The van der Waals surface area contributed by atoms with Crippen molar-refractivity contribution in [3.8, 4) is 5.69 Å². The van der Waals surface area contributed by atoms with E-state index in [9.17, 15) is 9.59 Å². The molecule has 1 atom stereocenters. The fourth-order valence-electron chi connectivity index (χ4n) is 3.32. The molecule has 2 amide bonds. The Morgan fingerprint density at radius 2 is 2.03 bits per heavy atom. The number of nitrogens with zero attached hydrogens (tertiary/aromatic N) is 2. The van der Waals surface area contributed by atoms with Gasteiger partial charge in [0.05, 0.1) is 5.69 Å². The lowest BCUT2D eigenvalue weighted by Gasteiger charge is -2.12. The van der Waals surface area contributed by atoms with Gasteiger partial charge in [0, 0.05) is 36.8 Å². The molecule has 148 valence electrons. The summed E-state index contributed by atoms with van der Waals surface area (Å²) in [7, 11) is 0. The van der Waals surface area contributed by atoms with Gasteiger partial charge in [-0.1, -0.05) is 24.3 Å². The Kier molecular flexibility index (Phi) is 5.67. The summed E-state index contributed by atoms with van der Waals surface area (Å²) < 4.78 is 7.16. The molecule has 7 heteroatoms. The highest BCUT2D eigenvalue weighted by molar-refractivity contribution is 5.98. The molecule has 3 aromatic rings. The first-order valence-corrected chi connectivity index (χ1v) is 9.59. The van der Waals surface area contributed by atoms with Crippen LogP contribution >= 0.6 is 0 Å². The molecule has 7 nitrogen and oxygen atoms in total. The third-order valence-electron chi connectivity index (χ3n) is 4.80. The lowest BCUT2D eigenvalue weighted by Crippen LogP contribution is -2.27. The van der Waals surface area contributed by atoms with Gasteiger partial charge in [-0.05, 0) is 48.7 Å². The van der Waals surface area contributed by atoms with Crippen LogP contribution in [0.2, 0.25) is 0 Å². The minimum atomic E-state index is -0.411. The number of rotatable bonds is 6. The van der Waals surface area contributed by atoms with Gasteiger partial charge in [-0.25, -0.2) is 4.68 Å². The van der Waals surface area contributed by atoms with Crippen molar-refractivity contribution in [2.24, 2.45) is 0 Å². The van der Waals surface area contributed by atoms with Crippen LogP contribution in [0.4, 0.5) is 5.69 Å². The molecule has 0 bridgehead atoms. The van der Waals surface area contributed by atoms with E-state index < -0.39 is 6.10 Å². The number of para-hydroxylation sites is 1. The van der Waals surface area contributed by atoms with Gasteiger partial charge in [0.1, 0.15) is 6.10 Å². The summed E-state index contributed by atoms with van der Waals surface area (Å²) in [4.78, 5) is 24.9. The second-order valence-corrected chi connectivity index (χ2v) is 6.83. The minimum Gasteiger partial charge on any atom is -0.368 e. The van der Waals surface area contributed by atoms with E-state index in [4.69, 9.17) is 4.74 Å². The largest absolute Gasteiger partial charge is 0.368 e. The van der Waals surface area contributed by atoms with Crippen molar-refractivity contribution in [1.29, 1.82) is 0 Å². The quantitative estimate of drug-likeness (QED) is 0.678. The van der Waals surface area contributed by atoms with E-state index >= 15 is 0 Å². The van der Waals surface area contributed by atoms with Gasteiger partial charge in [-0.3, -0.25) is 9.59 Å². The van der Waals surface area contributed by atoms with Gasteiger partial charge in [0.15, 0.2) is 0 Å². The van der Waals surface area contributed by atoms with E-state index in [1.807, 2.05) is 36.5 Å². The van der Waals surface area contributed by atoms with Gasteiger partial charge < -0.3 is 15.4 Å². The molecule has 1 saturated heterocycles. The maximum Gasteiger partial charge on any atom is 0.253 e. The number of carbonyl (C=O) groups is 2. The van der Waals surface area contributed by atoms with Crippen molar-refractivity contribution < 1.29 is 14.3 Å². The van der Waals surface area contributed by atoms with Gasteiger partial charge in [-0.2, -0.15) is 5.10 Å². The van der Waals surface area contributed by atoms with Crippen LogP contribution in [0.25, 0.3) is 5.69 Å². The Morgan fingerprint density at radius 3 is 2.83 bits per heavy atom. The third kappa shape index (κ3) is 4.52. The van der Waals surface area contributed by atoms with E-state index in [1.54, 1.807) is 35.1 Å². The highest BCUT2D eigenvalue weighted by atomic mass is 16.5. The summed E-state index contributed by atoms with van der Waals surface area (Å²) in [6, 6.07) is 16.5. The Bertz CT molecular complexity index is 995. The van der Waals surface area contributed by atoms with Gasteiger partial charge in [-0.15, -0.1) is 0 Å². The van der Waals surface area contributed by atoms with Crippen LogP contribution in [0.5, 0.6) is 0 Å². The second-order valence-electron chi connectivity index (χ2n) is 6.83. The van der Waals surface area contributed by atoms with Crippen molar-refractivity contribution in [2.45, 2.75) is 25.5 Å². The van der Waals surface area contributed by atoms with Gasteiger partial charge in [0.25, 0.3) is 11.8 Å². The lowest BCUT2D eigenvalue weighted by atomic mass is 10.1. The molecule has 1 aliphatic rings. The molecule has 2 aromatic carbocycles. The van der Waals surface area contributed by atoms with Crippen molar-refractivity contribution in [3.05, 3.63) is 78.1 Å². The Morgan fingerprint density at radius 1 is 1.14 bits per heavy atom. The average Bonchev–Trinajstić information content (AvgIpc) is 3.47. The molecule has 4 rings (SSSR count). The van der Waals surface area contributed by atoms with Crippen LogP contribution in [0.3, 0.4) is 0 Å². The van der Waals surface area contributed by atoms with E-state index in [0.717, 1.165) is 24.1 Å². The third-order valence-corrected chi connectivity index (χ3v) is 4.80. The molecule has 29 heavy (non-hydrogen) atoms. The summed E-state index contributed by atoms with van der Waals surface area (Å²) in [5.74, 6) is -0.387. The normalized spacial score (nSPS) is 15.8. The summed E-state index contributed by atoms with van der Waals surface area (Å²) >= 11 is 0. The minimum absolute atomic E-state index is 0.173. The molecule has 0 radical (unpaired) electrons. The number of anilines is 1. The molecule has 0 saturated carbocycles. The number of aromatic nitrogens is 2. The first kappa shape index (κ1) is 18.9. The van der Waals surface area contributed by atoms with Crippen LogP contribution in [0, 0.1) is 0 Å². The summed E-state index contributed by atoms with van der Waals surface area (Å²) in [5.41, 5.74) is 2.92. The van der Waals surface area contributed by atoms with E-state index in [0.29, 0.717) is 24.4 Å². The van der Waals surface area contributed by atoms with Crippen LogP contribution in [0.1, 0.15) is 28.8 Å². The molecule has 1 unspecified atom stereocenters. The highest BCUT2D eigenvalue weighted by Gasteiger charge is 2.23. The van der Waals surface area contributed by atoms with E-state index in [2.05, 4.69) is 15.7 Å². The summed E-state index contributed by atoms with van der Waals surface area (Å²) in [6.07, 6.45) is 4.78. The average molecular weight is 390 g/mol. The molecule has 0 aliphatic carbocycles. The molecule has 0 spiro atoms. The first-order chi connectivity index (χ1) is 14.2. The predicted molar refractivity (Wildman–Crippen MR) is 109 cm³/mol.